The molecule has 0 fully saturated rings. The number of hydrogen-bond acceptors (Lipinski definition) is 1. The Morgan fingerprint density at radius 3 is 2.32 bits per heavy atom. The Morgan fingerprint density at radius 1 is 0.840 bits per heavy atom. The maximum Gasteiger partial charge on any atom is 0.136 e. The Balaban J connectivity index is 1.50. The summed E-state index contributed by atoms with van der Waals surface area (Å²) in [4.78, 5) is 0. The van der Waals surface area contributed by atoms with Gasteiger partial charge in [0.2, 0.25) is 0 Å². The van der Waals surface area contributed by atoms with Crippen molar-refractivity contribution in [3.8, 4) is 5.75 Å². The Morgan fingerprint density at radius 2 is 1.64 bits per heavy atom. The van der Waals surface area contributed by atoms with E-state index in [1.54, 1.807) is 0 Å². The Labute approximate surface area is 157 Å². The number of halogens is 1. The molecule has 0 atom stereocenters. The van der Waals surface area contributed by atoms with E-state index in [4.69, 9.17) is 4.74 Å². The summed E-state index contributed by atoms with van der Waals surface area (Å²) < 4.78 is 7.09. The minimum Gasteiger partial charge on any atom is -0.487 e. The summed E-state index contributed by atoms with van der Waals surface area (Å²) in [5.74, 6) is 0.935. The number of fused-ring (bicyclic) bond motifs is 1. The normalized spacial score (nSPS) is 12.4. The fraction of sp³-hybridized carbons (Fsp3) is 0.217. The van der Waals surface area contributed by atoms with Crippen LogP contribution >= 0.6 is 15.9 Å². The molecule has 4 rings (SSSR count). The highest BCUT2D eigenvalue weighted by atomic mass is 79.9. The topological polar surface area (TPSA) is 9.23 Å². The van der Waals surface area contributed by atoms with Crippen LogP contribution in [0, 0.1) is 6.92 Å². The molecule has 0 unspecified atom stereocenters. The van der Waals surface area contributed by atoms with Crippen LogP contribution < -0.4 is 4.74 Å². The first-order chi connectivity index (χ1) is 12.2. The van der Waals surface area contributed by atoms with E-state index in [2.05, 4.69) is 65.3 Å². The zero-order valence-electron chi connectivity index (χ0n) is 14.4. The molecule has 1 nitrogen and oxygen atoms in total. The SMILES string of the molecule is Cc1cc(Cc2ccc3c(c2)CC3)cc(Br)c1OCc1ccccc1. The molecule has 0 N–H and O–H groups in total. The van der Waals surface area contributed by atoms with Crippen LogP contribution in [0.3, 0.4) is 0 Å². The summed E-state index contributed by atoms with van der Waals surface area (Å²) in [6.45, 7) is 2.71. The van der Waals surface area contributed by atoms with Crippen molar-refractivity contribution in [2.24, 2.45) is 0 Å². The minimum atomic E-state index is 0.588. The number of aryl methyl sites for hydroxylation is 3. The second-order valence-corrected chi connectivity index (χ2v) is 7.63. The van der Waals surface area contributed by atoms with Gasteiger partial charge in [0.05, 0.1) is 4.47 Å². The molecule has 0 saturated heterocycles. The second kappa shape index (κ2) is 7.05. The van der Waals surface area contributed by atoms with E-state index >= 15 is 0 Å². The molecule has 126 valence electrons. The Hall–Kier alpha value is -2.06. The van der Waals surface area contributed by atoms with Gasteiger partial charge in [0, 0.05) is 0 Å². The van der Waals surface area contributed by atoms with Crippen molar-refractivity contribution in [3.05, 3.63) is 98.5 Å². The fourth-order valence-electron chi connectivity index (χ4n) is 3.41. The Bertz CT molecular complexity index is 876. The summed E-state index contributed by atoms with van der Waals surface area (Å²) >= 11 is 3.70. The number of hydrogen-bond donors (Lipinski definition) is 0. The predicted molar refractivity (Wildman–Crippen MR) is 106 cm³/mol. The van der Waals surface area contributed by atoms with E-state index in [0.29, 0.717) is 6.61 Å². The second-order valence-electron chi connectivity index (χ2n) is 6.78. The van der Waals surface area contributed by atoms with Gasteiger partial charge >= 0.3 is 0 Å². The molecule has 0 bridgehead atoms. The number of ether oxygens (including phenoxy) is 1. The van der Waals surface area contributed by atoms with E-state index in [-0.39, 0.29) is 0 Å². The van der Waals surface area contributed by atoms with Crippen LogP contribution in [-0.4, -0.2) is 0 Å². The molecule has 1 aliphatic rings. The molecule has 0 amide bonds. The fourth-order valence-corrected chi connectivity index (χ4v) is 4.13. The maximum absolute atomic E-state index is 6.06. The summed E-state index contributed by atoms with van der Waals surface area (Å²) in [5.41, 5.74) is 8.10. The lowest BCUT2D eigenvalue weighted by atomic mass is 9.86. The highest BCUT2D eigenvalue weighted by molar-refractivity contribution is 9.10. The monoisotopic (exact) mass is 392 g/mol. The standard InChI is InChI=1S/C23H21BrO/c1-16-11-19(12-18-7-8-20-9-10-21(20)13-18)14-22(24)23(16)25-15-17-5-3-2-4-6-17/h2-8,11,13-14H,9-10,12,15H2,1H3. The van der Waals surface area contributed by atoms with E-state index < -0.39 is 0 Å². The van der Waals surface area contributed by atoms with Gasteiger partial charge in [-0.25, -0.2) is 0 Å². The van der Waals surface area contributed by atoms with Crippen molar-refractivity contribution in [1.29, 1.82) is 0 Å². The molecular formula is C23H21BrO. The van der Waals surface area contributed by atoms with Gasteiger partial charge in [-0.3, -0.25) is 0 Å². The van der Waals surface area contributed by atoms with Gasteiger partial charge in [0.1, 0.15) is 12.4 Å². The molecule has 0 heterocycles. The minimum absolute atomic E-state index is 0.588. The number of benzene rings is 3. The van der Waals surface area contributed by atoms with Gasteiger partial charge in [-0.1, -0.05) is 54.6 Å². The Kier molecular flexibility index (Phi) is 4.63. The summed E-state index contributed by atoms with van der Waals surface area (Å²) in [6.07, 6.45) is 3.44. The summed E-state index contributed by atoms with van der Waals surface area (Å²) in [5, 5.41) is 0. The van der Waals surface area contributed by atoms with Crippen LogP contribution in [0.1, 0.15) is 33.4 Å². The van der Waals surface area contributed by atoms with Crippen molar-refractivity contribution in [2.45, 2.75) is 32.8 Å². The van der Waals surface area contributed by atoms with E-state index in [0.717, 1.165) is 16.6 Å². The van der Waals surface area contributed by atoms with E-state index in [1.807, 2.05) is 18.2 Å². The highest BCUT2D eigenvalue weighted by Crippen LogP contribution is 2.32. The molecular weight excluding hydrogens is 372 g/mol. The van der Waals surface area contributed by atoms with Crippen molar-refractivity contribution in [3.63, 3.8) is 0 Å². The third-order valence-electron chi connectivity index (χ3n) is 4.86. The molecule has 1 aliphatic carbocycles. The molecule has 3 aromatic carbocycles. The van der Waals surface area contributed by atoms with Crippen molar-refractivity contribution >= 4 is 15.9 Å². The quantitative estimate of drug-likeness (QED) is 0.515. The largest absolute Gasteiger partial charge is 0.487 e. The lowest BCUT2D eigenvalue weighted by molar-refractivity contribution is 0.302. The molecule has 25 heavy (non-hydrogen) atoms. The molecule has 0 radical (unpaired) electrons. The van der Waals surface area contributed by atoms with Crippen molar-refractivity contribution in [1.82, 2.24) is 0 Å². The smallest absolute Gasteiger partial charge is 0.136 e. The third-order valence-corrected chi connectivity index (χ3v) is 5.45. The first kappa shape index (κ1) is 16.4. The average Bonchev–Trinajstić information content (AvgIpc) is 2.58. The molecule has 0 saturated carbocycles. The molecule has 0 aromatic heterocycles. The first-order valence-corrected chi connectivity index (χ1v) is 9.55. The van der Waals surface area contributed by atoms with Gasteiger partial charge in [0.25, 0.3) is 0 Å². The van der Waals surface area contributed by atoms with Crippen LogP contribution in [0.2, 0.25) is 0 Å². The lowest BCUT2D eigenvalue weighted by Crippen LogP contribution is -2.08. The predicted octanol–water partition coefficient (Wildman–Crippen LogP) is 6.03. The van der Waals surface area contributed by atoms with Gasteiger partial charge < -0.3 is 4.74 Å². The highest BCUT2D eigenvalue weighted by Gasteiger charge is 2.14. The zero-order chi connectivity index (χ0) is 17.2. The number of rotatable bonds is 5. The van der Waals surface area contributed by atoms with Crippen LogP contribution in [0.4, 0.5) is 0 Å². The summed E-state index contributed by atoms with van der Waals surface area (Å²) in [7, 11) is 0. The first-order valence-electron chi connectivity index (χ1n) is 8.75. The third kappa shape index (κ3) is 3.64. The molecule has 3 aromatic rings. The maximum atomic E-state index is 6.06. The van der Waals surface area contributed by atoms with Gasteiger partial charge in [-0.2, -0.15) is 0 Å². The van der Waals surface area contributed by atoms with E-state index in [9.17, 15) is 0 Å². The average molecular weight is 393 g/mol. The van der Waals surface area contributed by atoms with Crippen LogP contribution in [-0.2, 0) is 25.9 Å². The van der Waals surface area contributed by atoms with Gasteiger partial charge in [-0.15, -0.1) is 0 Å². The van der Waals surface area contributed by atoms with Crippen LogP contribution in [0.5, 0.6) is 5.75 Å². The lowest BCUT2D eigenvalue weighted by Gasteiger charge is -2.19. The van der Waals surface area contributed by atoms with Gasteiger partial charge in [0.15, 0.2) is 0 Å². The van der Waals surface area contributed by atoms with Crippen molar-refractivity contribution in [2.75, 3.05) is 0 Å². The van der Waals surface area contributed by atoms with E-state index in [1.165, 1.54) is 46.2 Å². The molecule has 2 heteroatoms. The molecule has 0 spiro atoms. The van der Waals surface area contributed by atoms with Crippen LogP contribution in [0.15, 0.2) is 65.1 Å². The van der Waals surface area contributed by atoms with Crippen LogP contribution in [0.25, 0.3) is 0 Å². The molecule has 0 aliphatic heterocycles. The van der Waals surface area contributed by atoms with Gasteiger partial charge in [-0.05, 0) is 81.6 Å². The zero-order valence-corrected chi connectivity index (χ0v) is 16.0. The van der Waals surface area contributed by atoms with Crippen molar-refractivity contribution < 1.29 is 4.74 Å². The summed E-state index contributed by atoms with van der Waals surface area (Å²) in [6, 6.07) is 21.6.